The van der Waals surface area contributed by atoms with Crippen LogP contribution in [-0.4, -0.2) is 42.1 Å². The van der Waals surface area contributed by atoms with Gasteiger partial charge < -0.3 is 15.4 Å². The molecular weight excluding hydrogens is 216 g/mol. The zero-order valence-electron chi connectivity index (χ0n) is 10.6. The molecule has 1 saturated heterocycles. The van der Waals surface area contributed by atoms with Crippen LogP contribution in [0.5, 0.6) is 0 Å². The lowest BCUT2D eigenvalue weighted by molar-refractivity contribution is -0.148. The van der Waals surface area contributed by atoms with Gasteiger partial charge in [-0.15, -0.1) is 0 Å². The number of amides is 1. The maximum absolute atomic E-state index is 12.7. The van der Waals surface area contributed by atoms with Gasteiger partial charge in [-0.2, -0.15) is 0 Å². The number of nitrogens with zero attached hydrogens (tertiary/aromatic N) is 1. The number of carbonyl (C=O) groups is 1. The summed E-state index contributed by atoms with van der Waals surface area (Å²) in [4.78, 5) is 14.7. The number of carbonyl (C=O) groups excluding carboxylic acids is 1. The summed E-state index contributed by atoms with van der Waals surface area (Å²) in [5, 5.41) is 0. The maximum Gasteiger partial charge on any atom is 0.229 e. The van der Waals surface area contributed by atoms with Gasteiger partial charge in [0.2, 0.25) is 5.91 Å². The Bertz CT molecular complexity index is 334. The van der Waals surface area contributed by atoms with Crippen LogP contribution in [0, 0.1) is 5.41 Å². The summed E-state index contributed by atoms with van der Waals surface area (Å²) >= 11 is 0. The zero-order chi connectivity index (χ0) is 12.1. The van der Waals surface area contributed by atoms with E-state index in [1.165, 1.54) is 0 Å². The van der Waals surface area contributed by atoms with Gasteiger partial charge >= 0.3 is 0 Å². The minimum absolute atomic E-state index is 0.0342. The fourth-order valence-electron chi connectivity index (χ4n) is 3.88. The van der Waals surface area contributed by atoms with Gasteiger partial charge in [0.05, 0.1) is 18.1 Å². The monoisotopic (exact) mass is 238 g/mol. The Kier molecular flexibility index (Phi) is 2.49. The van der Waals surface area contributed by atoms with Crippen LogP contribution in [0.1, 0.15) is 39.0 Å². The number of rotatable bonds is 1. The second-order valence-electron chi connectivity index (χ2n) is 6.25. The third-order valence-electron chi connectivity index (χ3n) is 4.88. The van der Waals surface area contributed by atoms with Gasteiger partial charge in [0.1, 0.15) is 0 Å². The summed E-state index contributed by atoms with van der Waals surface area (Å²) < 4.78 is 5.50. The molecule has 1 atom stereocenters. The van der Waals surface area contributed by atoms with Crippen LogP contribution in [0.2, 0.25) is 0 Å². The van der Waals surface area contributed by atoms with Gasteiger partial charge in [0.25, 0.3) is 0 Å². The molecule has 1 heterocycles. The molecule has 2 saturated carbocycles. The van der Waals surface area contributed by atoms with Crippen molar-refractivity contribution in [2.24, 2.45) is 11.1 Å². The number of hydrogen-bond donors (Lipinski definition) is 1. The average molecular weight is 238 g/mol. The molecule has 4 nitrogen and oxygen atoms in total. The van der Waals surface area contributed by atoms with Gasteiger partial charge in [-0.1, -0.05) is 0 Å². The molecule has 2 bridgehead atoms. The Hall–Kier alpha value is -0.610. The Morgan fingerprint density at radius 2 is 2.06 bits per heavy atom. The normalized spacial score (nSPS) is 45.3. The van der Waals surface area contributed by atoms with Crippen LogP contribution in [0.4, 0.5) is 0 Å². The van der Waals surface area contributed by atoms with Crippen molar-refractivity contribution in [3.8, 4) is 0 Å². The molecule has 0 aromatic rings. The van der Waals surface area contributed by atoms with Crippen molar-refractivity contribution in [1.29, 1.82) is 0 Å². The highest BCUT2D eigenvalue weighted by Crippen LogP contribution is 2.56. The second-order valence-corrected chi connectivity index (χ2v) is 6.25. The molecule has 2 aliphatic carbocycles. The maximum atomic E-state index is 12.7. The minimum atomic E-state index is -0.119. The van der Waals surface area contributed by atoms with Crippen molar-refractivity contribution in [3.05, 3.63) is 0 Å². The summed E-state index contributed by atoms with van der Waals surface area (Å²) in [5.74, 6) is 0.345. The predicted octanol–water partition coefficient (Wildman–Crippen LogP) is 0.895. The molecule has 1 aliphatic heterocycles. The molecule has 3 fully saturated rings. The summed E-state index contributed by atoms with van der Waals surface area (Å²) in [7, 11) is 0. The van der Waals surface area contributed by atoms with Crippen LogP contribution < -0.4 is 5.73 Å². The van der Waals surface area contributed by atoms with Crippen LogP contribution >= 0.6 is 0 Å². The van der Waals surface area contributed by atoms with E-state index in [1.54, 1.807) is 0 Å². The third kappa shape index (κ3) is 1.78. The number of fused-ring (bicyclic) bond motifs is 2. The standard InChI is InChI=1S/C13H22N2O2/c1-10-8-15(6-7-17-10)11(16)12-2-4-13(14,9-12)5-3-12/h10H,2-9,14H2,1H3/t10-,12?,13?/m0/s1. The van der Waals surface area contributed by atoms with Crippen molar-refractivity contribution in [2.75, 3.05) is 19.7 Å². The highest BCUT2D eigenvalue weighted by Gasteiger charge is 2.57. The molecule has 0 spiro atoms. The topological polar surface area (TPSA) is 55.6 Å². The van der Waals surface area contributed by atoms with Crippen LogP contribution in [0.15, 0.2) is 0 Å². The molecule has 0 aromatic carbocycles. The average Bonchev–Trinajstić information content (AvgIpc) is 2.83. The molecular formula is C13H22N2O2. The quantitative estimate of drug-likeness (QED) is 0.738. The van der Waals surface area contributed by atoms with Gasteiger partial charge in [-0.3, -0.25) is 4.79 Å². The van der Waals surface area contributed by atoms with E-state index >= 15 is 0 Å². The van der Waals surface area contributed by atoms with Crippen molar-refractivity contribution < 1.29 is 9.53 Å². The molecule has 0 unspecified atom stereocenters. The van der Waals surface area contributed by atoms with E-state index in [1.807, 2.05) is 11.8 Å². The summed E-state index contributed by atoms with van der Waals surface area (Å²) in [6, 6.07) is 0. The SMILES string of the molecule is C[C@H]1CN(C(=O)C23CCC(N)(CC2)C3)CCO1. The largest absolute Gasteiger partial charge is 0.375 e. The van der Waals surface area contributed by atoms with Crippen molar-refractivity contribution in [1.82, 2.24) is 4.90 Å². The van der Waals surface area contributed by atoms with Gasteiger partial charge in [-0.05, 0) is 39.0 Å². The number of morpholine rings is 1. The Balaban J connectivity index is 1.74. The molecule has 0 aromatic heterocycles. The molecule has 2 N–H and O–H groups in total. The van der Waals surface area contributed by atoms with Crippen LogP contribution in [-0.2, 0) is 9.53 Å². The van der Waals surface area contributed by atoms with E-state index < -0.39 is 0 Å². The first kappa shape index (κ1) is 11.5. The third-order valence-corrected chi connectivity index (χ3v) is 4.88. The summed E-state index contributed by atoms with van der Waals surface area (Å²) in [6.07, 6.45) is 5.12. The van der Waals surface area contributed by atoms with Gasteiger partial charge in [0.15, 0.2) is 0 Å². The molecule has 96 valence electrons. The highest BCUT2D eigenvalue weighted by atomic mass is 16.5. The van der Waals surface area contributed by atoms with E-state index in [2.05, 4.69) is 0 Å². The molecule has 17 heavy (non-hydrogen) atoms. The highest BCUT2D eigenvalue weighted by molar-refractivity contribution is 5.84. The molecule has 4 heteroatoms. The van der Waals surface area contributed by atoms with E-state index in [0.717, 1.165) is 45.2 Å². The molecule has 0 radical (unpaired) electrons. The van der Waals surface area contributed by atoms with Crippen molar-refractivity contribution in [2.45, 2.75) is 50.7 Å². The fourth-order valence-corrected chi connectivity index (χ4v) is 3.88. The van der Waals surface area contributed by atoms with Gasteiger partial charge in [-0.25, -0.2) is 0 Å². The summed E-state index contributed by atoms with van der Waals surface area (Å²) in [5.41, 5.74) is 6.13. The molecule has 3 aliphatic rings. The second kappa shape index (κ2) is 3.69. The Morgan fingerprint density at radius 1 is 1.35 bits per heavy atom. The van der Waals surface area contributed by atoms with E-state index in [-0.39, 0.29) is 17.1 Å². The number of ether oxygens (including phenoxy) is 1. The van der Waals surface area contributed by atoms with Crippen molar-refractivity contribution >= 4 is 5.91 Å². The Morgan fingerprint density at radius 3 is 2.59 bits per heavy atom. The van der Waals surface area contributed by atoms with E-state index in [0.29, 0.717) is 12.5 Å². The van der Waals surface area contributed by atoms with E-state index in [4.69, 9.17) is 10.5 Å². The zero-order valence-corrected chi connectivity index (χ0v) is 10.6. The first-order valence-corrected chi connectivity index (χ1v) is 6.73. The van der Waals surface area contributed by atoms with Crippen molar-refractivity contribution in [3.63, 3.8) is 0 Å². The van der Waals surface area contributed by atoms with E-state index in [9.17, 15) is 4.79 Å². The summed E-state index contributed by atoms with van der Waals surface area (Å²) in [6.45, 7) is 4.21. The molecule has 1 amide bonds. The lowest BCUT2D eigenvalue weighted by Crippen LogP contribution is -2.49. The first-order valence-electron chi connectivity index (χ1n) is 6.73. The first-order chi connectivity index (χ1) is 8.03. The minimum Gasteiger partial charge on any atom is -0.375 e. The molecule has 3 rings (SSSR count). The smallest absolute Gasteiger partial charge is 0.229 e. The van der Waals surface area contributed by atoms with Gasteiger partial charge in [0, 0.05) is 18.6 Å². The van der Waals surface area contributed by atoms with Crippen LogP contribution in [0.3, 0.4) is 0 Å². The number of nitrogens with two attached hydrogens (primary N) is 1. The predicted molar refractivity (Wildman–Crippen MR) is 64.4 cm³/mol. The number of hydrogen-bond acceptors (Lipinski definition) is 3. The van der Waals surface area contributed by atoms with Crippen LogP contribution in [0.25, 0.3) is 0 Å². The Labute approximate surface area is 102 Å². The fraction of sp³-hybridized carbons (Fsp3) is 0.923. The lowest BCUT2D eigenvalue weighted by atomic mass is 9.82. The lowest BCUT2D eigenvalue weighted by Gasteiger charge is -2.37.